The third kappa shape index (κ3) is 1.68. The molecule has 78 valence electrons. The smallest absolute Gasteiger partial charge is 0.129 e. The molecule has 1 saturated heterocycles. The van der Waals surface area contributed by atoms with Gasteiger partial charge < -0.3 is 5.32 Å². The Balaban J connectivity index is 1.87. The topological polar surface area (TPSA) is 24.9 Å². The summed E-state index contributed by atoms with van der Waals surface area (Å²) in [7, 11) is 0. The number of nitrogens with one attached hydrogen (secondary N) is 1. The maximum absolute atomic E-state index is 5.77. The number of aromatic nitrogens is 1. The van der Waals surface area contributed by atoms with Crippen LogP contribution >= 0.6 is 11.6 Å². The SMILES string of the molecule is Clc1ccc(C2=C[C@@H]3CNC[C@@H]3C2)cn1. The minimum absolute atomic E-state index is 0.569. The molecular weight excluding hydrogens is 208 g/mol. The average molecular weight is 221 g/mol. The van der Waals surface area contributed by atoms with Crippen LogP contribution in [-0.4, -0.2) is 18.1 Å². The number of hydrogen-bond donors (Lipinski definition) is 1. The van der Waals surface area contributed by atoms with Gasteiger partial charge in [-0.15, -0.1) is 0 Å². The second-order valence-corrected chi connectivity index (χ2v) is 4.74. The molecule has 1 aromatic rings. The highest BCUT2D eigenvalue weighted by Crippen LogP contribution is 2.37. The lowest BCUT2D eigenvalue weighted by atomic mass is 9.99. The van der Waals surface area contributed by atoms with E-state index in [2.05, 4.69) is 22.4 Å². The lowest BCUT2D eigenvalue weighted by Crippen LogP contribution is -2.09. The van der Waals surface area contributed by atoms with Gasteiger partial charge in [-0.3, -0.25) is 0 Å². The zero-order valence-corrected chi connectivity index (χ0v) is 9.17. The fourth-order valence-corrected chi connectivity index (χ4v) is 2.67. The summed E-state index contributed by atoms with van der Waals surface area (Å²) in [4.78, 5) is 4.13. The van der Waals surface area contributed by atoms with Gasteiger partial charge in [-0.05, 0) is 42.0 Å². The van der Waals surface area contributed by atoms with Gasteiger partial charge in [0.15, 0.2) is 0 Å². The highest BCUT2D eigenvalue weighted by molar-refractivity contribution is 6.29. The number of pyridine rings is 1. The van der Waals surface area contributed by atoms with Crippen molar-refractivity contribution in [2.24, 2.45) is 11.8 Å². The van der Waals surface area contributed by atoms with Crippen LogP contribution in [0, 0.1) is 11.8 Å². The largest absolute Gasteiger partial charge is 0.316 e. The Morgan fingerprint density at radius 2 is 2.27 bits per heavy atom. The Hall–Kier alpha value is -0.860. The molecule has 0 bridgehead atoms. The van der Waals surface area contributed by atoms with E-state index in [1.54, 1.807) is 0 Å². The van der Waals surface area contributed by atoms with Crippen molar-refractivity contribution in [3.8, 4) is 0 Å². The summed E-state index contributed by atoms with van der Waals surface area (Å²) in [5.74, 6) is 1.53. The van der Waals surface area contributed by atoms with E-state index in [4.69, 9.17) is 11.6 Å². The van der Waals surface area contributed by atoms with Gasteiger partial charge in [0.1, 0.15) is 5.15 Å². The molecule has 2 aliphatic rings. The highest BCUT2D eigenvalue weighted by Gasteiger charge is 2.31. The van der Waals surface area contributed by atoms with E-state index >= 15 is 0 Å². The van der Waals surface area contributed by atoms with Crippen LogP contribution in [-0.2, 0) is 0 Å². The van der Waals surface area contributed by atoms with Crippen molar-refractivity contribution < 1.29 is 0 Å². The Morgan fingerprint density at radius 1 is 1.33 bits per heavy atom. The monoisotopic (exact) mass is 220 g/mol. The van der Waals surface area contributed by atoms with E-state index < -0.39 is 0 Å². The van der Waals surface area contributed by atoms with Gasteiger partial charge in [-0.25, -0.2) is 4.98 Å². The molecular formula is C12H13ClN2. The second-order valence-electron chi connectivity index (χ2n) is 4.35. The van der Waals surface area contributed by atoms with Crippen molar-refractivity contribution in [2.45, 2.75) is 6.42 Å². The normalized spacial score (nSPS) is 29.0. The highest BCUT2D eigenvalue weighted by atomic mass is 35.5. The first-order valence-electron chi connectivity index (χ1n) is 5.36. The van der Waals surface area contributed by atoms with E-state index in [0.717, 1.165) is 24.9 Å². The molecule has 0 spiro atoms. The molecule has 1 aromatic heterocycles. The first kappa shape index (κ1) is 9.37. The number of allylic oxidation sites excluding steroid dienone is 1. The molecule has 0 saturated carbocycles. The van der Waals surface area contributed by atoms with Crippen LogP contribution in [0.5, 0.6) is 0 Å². The van der Waals surface area contributed by atoms with Gasteiger partial charge in [-0.1, -0.05) is 23.7 Å². The summed E-state index contributed by atoms with van der Waals surface area (Å²) in [6, 6.07) is 3.93. The van der Waals surface area contributed by atoms with Gasteiger partial charge in [0.2, 0.25) is 0 Å². The molecule has 3 rings (SSSR count). The zero-order valence-electron chi connectivity index (χ0n) is 8.41. The fraction of sp³-hybridized carbons (Fsp3) is 0.417. The number of rotatable bonds is 1. The minimum atomic E-state index is 0.569. The molecule has 0 unspecified atom stereocenters. The second kappa shape index (κ2) is 3.62. The van der Waals surface area contributed by atoms with Crippen molar-refractivity contribution in [2.75, 3.05) is 13.1 Å². The summed E-state index contributed by atoms with van der Waals surface area (Å²) in [5, 5.41) is 3.99. The van der Waals surface area contributed by atoms with Crippen molar-refractivity contribution in [1.29, 1.82) is 0 Å². The van der Waals surface area contributed by atoms with Crippen LogP contribution in [0.25, 0.3) is 5.57 Å². The van der Waals surface area contributed by atoms with Gasteiger partial charge in [-0.2, -0.15) is 0 Å². The molecule has 2 nitrogen and oxygen atoms in total. The van der Waals surface area contributed by atoms with E-state index in [1.807, 2.05) is 12.3 Å². The predicted octanol–water partition coefficient (Wildman–Crippen LogP) is 2.36. The summed E-state index contributed by atoms with van der Waals surface area (Å²) in [6.45, 7) is 2.29. The van der Waals surface area contributed by atoms with Crippen LogP contribution in [0.4, 0.5) is 0 Å². The zero-order chi connectivity index (χ0) is 10.3. The van der Waals surface area contributed by atoms with E-state index in [9.17, 15) is 0 Å². The number of hydrogen-bond acceptors (Lipinski definition) is 2. The third-order valence-electron chi connectivity index (χ3n) is 3.39. The molecule has 2 heterocycles. The molecule has 1 aliphatic carbocycles. The molecule has 15 heavy (non-hydrogen) atoms. The quantitative estimate of drug-likeness (QED) is 0.735. The maximum Gasteiger partial charge on any atom is 0.129 e. The molecule has 3 heteroatoms. The Morgan fingerprint density at radius 3 is 3.00 bits per heavy atom. The lowest BCUT2D eigenvalue weighted by molar-refractivity contribution is 0.536. The minimum Gasteiger partial charge on any atom is -0.316 e. The van der Waals surface area contributed by atoms with Crippen LogP contribution < -0.4 is 5.32 Å². The van der Waals surface area contributed by atoms with Crippen molar-refractivity contribution in [3.63, 3.8) is 0 Å². The summed E-state index contributed by atoms with van der Waals surface area (Å²) < 4.78 is 0. The molecule has 0 radical (unpaired) electrons. The summed E-state index contributed by atoms with van der Waals surface area (Å²) in [6.07, 6.45) is 5.46. The van der Waals surface area contributed by atoms with Crippen LogP contribution in [0.2, 0.25) is 5.15 Å². The number of nitrogens with zero attached hydrogens (tertiary/aromatic N) is 1. The van der Waals surface area contributed by atoms with Crippen molar-refractivity contribution in [1.82, 2.24) is 10.3 Å². The standard InChI is InChI=1S/C12H13ClN2/c13-12-2-1-8(7-15-12)9-3-10-5-14-6-11(10)4-9/h1-3,7,10-11,14H,4-6H2/t10-,11+/m1/s1. The molecule has 2 atom stereocenters. The Kier molecular flexibility index (Phi) is 2.26. The van der Waals surface area contributed by atoms with Crippen molar-refractivity contribution >= 4 is 17.2 Å². The average Bonchev–Trinajstić information content (AvgIpc) is 2.78. The van der Waals surface area contributed by atoms with Gasteiger partial charge in [0, 0.05) is 12.7 Å². The molecule has 1 aliphatic heterocycles. The van der Waals surface area contributed by atoms with Crippen LogP contribution in [0.1, 0.15) is 12.0 Å². The van der Waals surface area contributed by atoms with Gasteiger partial charge in [0.05, 0.1) is 0 Å². The Labute approximate surface area is 94.4 Å². The molecule has 1 fully saturated rings. The van der Waals surface area contributed by atoms with Gasteiger partial charge >= 0.3 is 0 Å². The number of halogens is 1. The predicted molar refractivity (Wildman–Crippen MR) is 61.7 cm³/mol. The third-order valence-corrected chi connectivity index (χ3v) is 3.61. The van der Waals surface area contributed by atoms with Crippen molar-refractivity contribution in [3.05, 3.63) is 35.1 Å². The van der Waals surface area contributed by atoms with Crippen LogP contribution in [0.15, 0.2) is 24.4 Å². The summed E-state index contributed by atoms with van der Waals surface area (Å²) >= 11 is 5.77. The van der Waals surface area contributed by atoms with E-state index in [1.165, 1.54) is 17.6 Å². The van der Waals surface area contributed by atoms with Crippen LogP contribution in [0.3, 0.4) is 0 Å². The molecule has 0 aromatic carbocycles. The van der Waals surface area contributed by atoms with E-state index in [-0.39, 0.29) is 0 Å². The Bertz CT molecular complexity index is 397. The lowest BCUT2D eigenvalue weighted by Gasteiger charge is -2.06. The van der Waals surface area contributed by atoms with E-state index in [0.29, 0.717) is 5.15 Å². The first-order chi connectivity index (χ1) is 7.33. The summed E-state index contributed by atoms with van der Waals surface area (Å²) in [5.41, 5.74) is 2.67. The van der Waals surface area contributed by atoms with Gasteiger partial charge in [0.25, 0.3) is 0 Å². The number of fused-ring (bicyclic) bond motifs is 1. The molecule has 0 amide bonds. The fourth-order valence-electron chi connectivity index (χ4n) is 2.56. The first-order valence-corrected chi connectivity index (χ1v) is 5.74. The maximum atomic E-state index is 5.77. The molecule has 1 N–H and O–H groups in total.